The van der Waals surface area contributed by atoms with Crippen molar-refractivity contribution in [3.05, 3.63) is 59.0 Å². The number of rotatable bonds is 5. The van der Waals surface area contributed by atoms with Crippen molar-refractivity contribution in [2.45, 2.75) is 32.2 Å². The third-order valence-corrected chi connectivity index (χ3v) is 4.53. The Morgan fingerprint density at radius 1 is 1.17 bits per heavy atom. The van der Waals surface area contributed by atoms with E-state index in [4.69, 9.17) is 15.4 Å². The van der Waals surface area contributed by atoms with Gasteiger partial charge in [0.2, 0.25) is 11.8 Å². The molecule has 1 heterocycles. The van der Waals surface area contributed by atoms with Crippen LogP contribution >= 0.6 is 0 Å². The van der Waals surface area contributed by atoms with Gasteiger partial charge in [-0.3, -0.25) is 0 Å². The maximum absolute atomic E-state index is 13.4. The van der Waals surface area contributed by atoms with Gasteiger partial charge < -0.3 is 20.6 Å². The van der Waals surface area contributed by atoms with E-state index in [1.165, 1.54) is 19.9 Å². The molecule has 2 atom stereocenters. The van der Waals surface area contributed by atoms with Crippen molar-refractivity contribution >= 4 is 11.4 Å². The molecule has 0 aliphatic heterocycles. The first-order valence-electron chi connectivity index (χ1n) is 8.86. The molecule has 4 N–H and O–H groups in total. The molecule has 0 spiro atoms. The summed E-state index contributed by atoms with van der Waals surface area (Å²) in [6, 6.07) is 9.66. The Kier molecular flexibility index (Phi) is 5.67. The number of nitrogens with two attached hydrogens (primary N) is 1. The van der Waals surface area contributed by atoms with Crippen molar-refractivity contribution in [1.29, 1.82) is 5.26 Å². The third-order valence-electron chi connectivity index (χ3n) is 4.53. The second-order valence-electron chi connectivity index (χ2n) is 6.70. The van der Waals surface area contributed by atoms with Crippen LogP contribution in [0.15, 0.2) is 40.8 Å². The Morgan fingerprint density at radius 2 is 1.83 bits per heavy atom. The van der Waals surface area contributed by atoms with Gasteiger partial charge >= 0.3 is 6.18 Å². The summed E-state index contributed by atoms with van der Waals surface area (Å²) in [6.45, 7) is 2.69. The highest BCUT2D eigenvalue weighted by atomic mass is 19.4. The van der Waals surface area contributed by atoms with E-state index in [1.807, 2.05) is 0 Å². The maximum atomic E-state index is 13.4. The Balaban J connectivity index is 1.96. The fraction of sp³-hybridized carbons (Fsp3) is 0.250. The van der Waals surface area contributed by atoms with Crippen molar-refractivity contribution in [3.63, 3.8) is 0 Å². The van der Waals surface area contributed by atoms with Gasteiger partial charge in [-0.05, 0) is 55.8 Å². The lowest BCUT2D eigenvalue weighted by atomic mass is 9.99. The summed E-state index contributed by atoms with van der Waals surface area (Å²) >= 11 is 0. The predicted octanol–water partition coefficient (Wildman–Crippen LogP) is 4.05. The molecule has 0 bridgehead atoms. The van der Waals surface area contributed by atoms with E-state index < -0.39 is 29.4 Å². The van der Waals surface area contributed by atoms with Gasteiger partial charge in [0.05, 0.1) is 23.3 Å². The minimum atomic E-state index is -4.71. The van der Waals surface area contributed by atoms with E-state index >= 15 is 0 Å². The summed E-state index contributed by atoms with van der Waals surface area (Å²) in [5.74, 6) is 0.166. The van der Waals surface area contributed by atoms with Gasteiger partial charge in [-0.25, -0.2) is 0 Å². The van der Waals surface area contributed by atoms with Crippen molar-refractivity contribution in [2.24, 2.45) is 0 Å². The Morgan fingerprint density at radius 3 is 2.40 bits per heavy atom. The minimum Gasteiger partial charge on any atom is -0.418 e. The van der Waals surface area contributed by atoms with E-state index in [-0.39, 0.29) is 23.0 Å². The van der Waals surface area contributed by atoms with Crippen LogP contribution in [0.3, 0.4) is 0 Å². The van der Waals surface area contributed by atoms with Gasteiger partial charge in [0.1, 0.15) is 6.04 Å². The molecule has 3 aromatic rings. The van der Waals surface area contributed by atoms with Crippen LogP contribution in [0.1, 0.15) is 35.5 Å². The second kappa shape index (κ2) is 8.04. The molecule has 0 aliphatic rings. The monoisotopic (exact) mass is 417 g/mol. The molecule has 7 nitrogen and oxygen atoms in total. The Hall–Kier alpha value is -3.58. The lowest BCUT2D eigenvalue weighted by molar-refractivity contribution is -0.138. The lowest BCUT2D eigenvalue weighted by Gasteiger charge is -2.22. The fourth-order valence-electron chi connectivity index (χ4n) is 2.99. The topological polar surface area (TPSA) is 121 Å². The van der Waals surface area contributed by atoms with Crippen LogP contribution < -0.4 is 11.1 Å². The number of nitriles is 1. The number of aromatic nitrogens is 2. The smallest absolute Gasteiger partial charge is 0.418 e. The van der Waals surface area contributed by atoms with Crippen molar-refractivity contribution in [3.8, 4) is 17.5 Å². The molecule has 2 aromatic carbocycles. The molecule has 0 radical (unpaired) electrons. The maximum Gasteiger partial charge on any atom is 0.418 e. The summed E-state index contributed by atoms with van der Waals surface area (Å²) in [4.78, 5) is 0. The number of halogens is 3. The number of hydrogen-bond donors (Lipinski definition) is 3. The van der Waals surface area contributed by atoms with Gasteiger partial charge in [-0.1, -0.05) is 0 Å². The highest BCUT2D eigenvalue weighted by molar-refractivity contribution is 5.61. The van der Waals surface area contributed by atoms with E-state index in [0.29, 0.717) is 11.3 Å². The van der Waals surface area contributed by atoms with E-state index in [2.05, 4.69) is 15.5 Å². The number of anilines is 2. The molecule has 0 saturated heterocycles. The zero-order valence-electron chi connectivity index (χ0n) is 16.0. The lowest BCUT2D eigenvalue weighted by Crippen LogP contribution is -2.24. The molecule has 156 valence electrons. The van der Waals surface area contributed by atoms with Crippen molar-refractivity contribution < 1.29 is 22.7 Å². The summed E-state index contributed by atoms with van der Waals surface area (Å²) in [5, 5.41) is 29.9. The van der Waals surface area contributed by atoms with Gasteiger partial charge in [-0.2, -0.15) is 18.4 Å². The van der Waals surface area contributed by atoms with Crippen molar-refractivity contribution in [2.75, 3.05) is 11.1 Å². The minimum absolute atomic E-state index is 0.00542. The number of benzene rings is 2. The quantitative estimate of drug-likeness (QED) is 0.536. The number of hydrogen-bond acceptors (Lipinski definition) is 7. The summed E-state index contributed by atoms with van der Waals surface area (Å²) in [5.41, 5.74) is 5.19. The summed E-state index contributed by atoms with van der Waals surface area (Å²) in [7, 11) is 0. The van der Waals surface area contributed by atoms with E-state index in [0.717, 1.165) is 6.07 Å². The third kappa shape index (κ3) is 4.21. The van der Waals surface area contributed by atoms with Crippen LogP contribution in [0.5, 0.6) is 0 Å². The van der Waals surface area contributed by atoms with Gasteiger partial charge in [0, 0.05) is 16.9 Å². The molecule has 0 aliphatic carbocycles. The van der Waals surface area contributed by atoms with Gasteiger partial charge in [0.15, 0.2) is 0 Å². The number of nitrogens with zero attached hydrogens (tertiary/aromatic N) is 3. The average molecular weight is 417 g/mol. The predicted molar refractivity (Wildman–Crippen MR) is 103 cm³/mol. The molecule has 1 aromatic heterocycles. The number of aliphatic hydroxyl groups excluding tert-OH is 1. The zero-order chi connectivity index (χ0) is 22.1. The number of aliphatic hydroxyl groups is 1. The number of nitrogen functional groups attached to an aromatic ring is 1. The molecule has 10 heteroatoms. The zero-order valence-corrected chi connectivity index (χ0v) is 16.0. The molecule has 0 amide bonds. The number of alkyl halides is 3. The first kappa shape index (κ1) is 21.1. The highest BCUT2D eigenvalue weighted by Gasteiger charge is 2.37. The first-order valence-corrected chi connectivity index (χ1v) is 8.86. The van der Waals surface area contributed by atoms with Crippen LogP contribution in [0.4, 0.5) is 24.5 Å². The molecule has 30 heavy (non-hydrogen) atoms. The largest absolute Gasteiger partial charge is 0.418 e. The highest BCUT2D eigenvalue weighted by Crippen LogP contribution is 2.38. The second-order valence-corrected chi connectivity index (χ2v) is 6.70. The average Bonchev–Trinajstić information content (AvgIpc) is 3.15. The summed E-state index contributed by atoms with van der Waals surface area (Å²) < 4.78 is 45.9. The molecule has 0 unspecified atom stereocenters. The molecule has 0 saturated carbocycles. The van der Waals surface area contributed by atoms with Crippen LogP contribution in [-0.2, 0) is 6.18 Å². The van der Waals surface area contributed by atoms with E-state index in [1.54, 1.807) is 30.3 Å². The first-order chi connectivity index (χ1) is 14.1. The molecule has 0 fully saturated rings. The van der Waals surface area contributed by atoms with Gasteiger partial charge in [-0.15, -0.1) is 10.2 Å². The molecular formula is C20H18F3N5O2. The Labute approximate surface area is 170 Å². The van der Waals surface area contributed by atoms with Crippen LogP contribution in [0, 0.1) is 18.3 Å². The Bertz CT molecular complexity index is 1090. The van der Waals surface area contributed by atoms with Crippen LogP contribution in [0.25, 0.3) is 11.5 Å². The summed E-state index contributed by atoms with van der Waals surface area (Å²) in [6.07, 6.45) is -5.78. The van der Waals surface area contributed by atoms with E-state index in [9.17, 15) is 18.3 Å². The van der Waals surface area contributed by atoms with Crippen LogP contribution in [-0.4, -0.2) is 21.4 Å². The fourth-order valence-corrected chi connectivity index (χ4v) is 2.99. The molecular weight excluding hydrogens is 399 g/mol. The molecule has 3 rings (SSSR count). The van der Waals surface area contributed by atoms with Crippen molar-refractivity contribution in [1.82, 2.24) is 10.2 Å². The number of nitrogens with one attached hydrogen (secondary N) is 1. The standard InChI is InChI=1S/C20H18F3N5O2/c1-10-15(8-5-13(9-24)16(10)20(21,22)23)26-17(11(2)29)19-28-27-18(30-19)12-3-6-14(25)7-4-12/h3-8,11,17,26,29H,25H2,1-2H3/t11-,17+/m0/s1. The normalized spacial score (nSPS) is 13.5. The SMILES string of the molecule is Cc1c(N[C@@H](c2nnc(-c3ccc(N)cc3)o2)[C@H](C)O)ccc(C#N)c1C(F)(F)F. The van der Waals surface area contributed by atoms with Gasteiger partial charge in [0.25, 0.3) is 0 Å². The van der Waals surface area contributed by atoms with Crippen LogP contribution in [0.2, 0.25) is 0 Å².